The van der Waals surface area contributed by atoms with Crippen LogP contribution in [0.3, 0.4) is 0 Å². The third-order valence-electron chi connectivity index (χ3n) is 4.41. The van der Waals surface area contributed by atoms with Gasteiger partial charge in [-0.2, -0.15) is 0 Å². The van der Waals surface area contributed by atoms with Crippen LogP contribution in [0.2, 0.25) is 0 Å². The molecule has 0 atom stereocenters. The van der Waals surface area contributed by atoms with Crippen LogP contribution in [0.15, 0.2) is 4.99 Å². The summed E-state index contributed by atoms with van der Waals surface area (Å²) in [4.78, 5) is 9.42. The molecular formula is C13H24N4. The summed E-state index contributed by atoms with van der Waals surface area (Å²) in [6.45, 7) is 4.70. The minimum atomic E-state index is 0.668. The van der Waals surface area contributed by atoms with Crippen molar-refractivity contribution >= 4 is 5.96 Å². The summed E-state index contributed by atoms with van der Waals surface area (Å²) < 4.78 is 0. The molecule has 0 aromatic heterocycles. The zero-order valence-corrected chi connectivity index (χ0v) is 10.9. The third-order valence-corrected chi connectivity index (χ3v) is 4.41. The average Bonchev–Trinajstić information content (AvgIpc) is 2.70. The van der Waals surface area contributed by atoms with Gasteiger partial charge in [-0.15, -0.1) is 0 Å². The first-order chi connectivity index (χ1) is 8.33. The number of likely N-dealkylation sites (N-methyl/N-ethyl adjacent to an activating group) is 1. The van der Waals surface area contributed by atoms with Crippen LogP contribution in [-0.4, -0.2) is 61.1 Å². The van der Waals surface area contributed by atoms with Crippen molar-refractivity contribution in [2.45, 2.75) is 44.2 Å². The number of nitrogens with zero attached hydrogens (tertiary/aromatic N) is 3. The first-order valence-corrected chi connectivity index (χ1v) is 7.09. The van der Waals surface area contributed by atoms with Gasteiger partial charge >= 0.3 is 0 Å². The minimum Gasteiger partial charge on any atom is -0.353 e. The highest BCUT2D eigenvalue weighted by Crippen LogP contribution is 2.28. The molecule has 0 radical (unpaired) electrons. The quantitative estimate of drug-likeness (QED) is 0.772. The SMILES string of the molecule is CN1CCN=C1NC1CC(N2CCCCC2)C1. The summed E-state index contributed by atoms with van der Waals surface area (Å²) >= 11 is 0. The summed E-state index contributed by atoms with van der Waals surface area (Å²) in [6, 6.07) is 1.52. The van der Waals surface area contributed by atoms with Gasteiger partial charge in [-0.05, 0) is 38.8 Å². The maximum atomic E-state index is 4.49. The van der Waals surface area contributed by atoms with Crippen LogP contribution in [0, 0.1) is 0 Å². The van der Waals surface area contributed by atoms with E-state index in [0.717, 1.165) is 25.1 Å². The van der Waals surface area contributed by atoms with E-state index in [1.807, 2.05) is 0 Å². The lowest BCUT2D eigenvalue weighted by molar-refractivity contribution is 0.0839. The monoisotopic (exact) mass is 236 g/mol. The van der Waals surface area contributed by atoms with Gasteiger partial charge in [-0.25, -0.2) is 0 Å². The topological polar surface area (TPSA) is 30.9 Å². The number of piperidine rings is 1. The molecule has 1 N–H and O–H groups in total. The van der Waals surface area contributed by atoms with Gasteiger partial charge in [0.15, 0.2) is 5.96 Å². The highest BCUT2D eigenvalue weighted by molar-refractivity contribution is 5.81. The largest absolute Gasteiger partial charge is 0.353 e. The van der Waals surface area contributed by atoms with Crippen molar-refractivity contribution in [1.82, 2.24) is 15.1 Å². The maximum Gasteiger partial charge on any atom is 0.194 e. The Morgan fingerprint density at radius 2 is 1.88 bits per heavy atom. The van der Waals surface area contributed by atoms with Crippen molar-refractivity contribution in [3.05, 3.63) is 0 Å². The summed E-state index contributed by atoms with van der Waals surface area (Å²) in [6.07, 6.45) is 6.88. The lowest BCUT2D eigenvalue weighted by Crippen LogP contribution is -2.56. The van der Waals surface area contributed by atoms with Crippen molar-refractivity contribution in [2.75, 3.05) is 33.2 Å². The molecule has 4 heteroatoms. The number of hydrogen-bond acceptors (Lipinski definition) is 4. The lowest BCUT2D eigenvalue weighted by atomic mass is 9.84. The summed E-state index contributed by atoms with van der Waals surface area (Å²) in [5, 5.41) is 3.58. The van der Waals surface area contributed by atoms with Crippen LogP contribution in [0.25, 0.3) is 0 Å². The van der Waals surface area contributed by atoms with E-state index < -0.39 is 0 Å². The van der Waals surface area contributed by atoms with Crippen LogP contribution >= 0.6 is 0 Å². The Morgan fingerprint density at radius 1 is 1.12 bits per heavy atom. The van der Waals surface area contributed by atoms with Gasteiger partial charge in [0.2, 0.25) is 0 Å². The summed E-state index contributed by atoms with van der Waals surface area (Å²) in [5.74, 6) is 1.12. The molecule has 0 bridgehead atoms. The van der Waals surface area contributed by atoms with Crippen molar-refractivity contribution < 1.29 is 0 Å². The number of rotatable bonds is 2. The van der Waals surface area contributed by atoms with Crippen LogP contribution in [0.5, 0.6) is 0 Å². The van der Waals surface area contributed by atoms with E-state index >= 15 is 0 Å². The average molecular weight is 236 g/mol. The van der Waals surface area contributed by atoms with Gasteiger partial charge < -0.3 is 15.1 Å². The third kappa shape index (κ3) is 2.41. The van der Waals surface area contributed by atoms with Crippen LogP contribution in [0.4, 0.5) is 0 Å². The van der Waals surface area contributed by atoms with Gasteiger partial charge in [0.1, 0.15) is 0 Å². The first-order valence-electron chi connectivity index (χ1n) is 7.09. The van der Waals surface area contributed by atoms with E-state index in [1.54, 1.807) is 0 Å². The zero-order chi connectivity index (χ0) is 11.7. The normalized spacial score (nSPS) is 34.4. The van der Waals surface area contributed by atoms with Crippen molar-refractivity contribution in [1.29, 1.82) is 0 Å². The predicted molar refractivity (Wildman–Crippen MR) is 70.3 cm³/mol. The van der Waals surface area contributed by atoms with Crippen LogP contribution in [0.1, 0.15) is 32.1 Å². The van der Waals surface area contributed by atoms with Crippen LogP contribution < -0.4 is 5.32 Å². The smallest absolute Gasteiger partial charge is 0.194 e. The molecule has 0 aromatic carbocycles. The fraction of sp³-hybridized carbons (Fsp3) is 0.923. The molecule has 1 aliphatic carbocycles. The summed E-state index contributed by atoms with van der Waals surface area (Å²) in [5.41, 5.74) is 0. The molecule has 1 saturated heterocycles. The first kappa shape index (κ1) is 11.3. The number of nitrogens with one attached hydrogen (secondary N) is 1. The molecule has 96 valence electrons. The summed E-state index contributed by atoms with van der Waals surface area (Å²) in [7, 11) is 2.12. The fourth-order valence-corrected chi connectivity index (χ4v) is 3.16. The van der Waals surface area contributed by atoms with Crippen molar-refractivity contribution in [2.24, 2.45) is 4.99 Å². The molecule has 3 aliphatic rings. The molecule has 2 aliphatic heterocycles. The van der Waals surface area contributed by atoms with Gasteiger partial charge in [0.25, 0.3) is 0 Å². The van der Waals surface area contributed by atoms with Gasteiger partial charge in [-0.1, -0.05) is 6.42 Å². The molecule has 3 rings (SSSR count). The molecule has 0 aromatic rings. The highest BCUT2D eigenvalue weighted by atomic mass is 15.3. The fourth-order valence-electron chi connectivity index (χ4n) is 3.16. The molecule has 0 spiro atoms. The Morgan fingerprint density at radius 3 is 2.53 bits per heavy atom. The Balaban J connectivity index is 1.42. The molecular weight excluding hydrogens is 212 g/mol. The van der Waals surface area contributed by atoms with E-state index in [9.17, 15) is 0 Å². The molecule has 0 amide bonds. The predicted octanol–water partition coefficient (Wildman–Crippen LogP) is 0.894. The second kappa shape index (κ2) is 4.84. The highest BCUT2D eigenvalue weighted by Gasteiger charge is 2.35. The second-order valence-corrected chi connectivity index (χ2v) is 5.69. The molecule has 4 nitrogen and oxygen atoms in total. The number of aliphatic imine (C=N–C) groups is 1. The van der Waals surface area contributed by atoms with Gasteiger partial charge in [-0.3, -0.25) is 4.99 Å². The van der Waals surface area contributed by atoms with E-state index in [4.69, 9.17) is 0 Å². The number of likely N-dealkylation sites (tertiary alicyclic amines) is 1. The van der Waals surface area contributed by atoms with E-state index in [-0.39, 0.29) is 0 Å². The van der Waals surface area contributed by atoms with E-state index in [0.29, 0.717) is 6.04 Å². The Labute approximate surface area is 104 Å². The van der Waals surface area contributed by atoms with Gasteiger partial charge in [0.05, 0.1) is 6.54 Å². The lowest BCUT2D eigenvalue weighted by Gasteiger charge is -2.45. The minimum absolute atomic E-state index is 0.668. The second-order valence-electron chi connectivity index (χ2n) is 5.69. The molecule has 2 heterocycles. The molecule has 0 unspecified atom stereocenters. The van der Waals surface area contributed by atoms with E-state index in [1.165, 1.54) is 45.2 Å². The number of hydrogen-bond donors (Lipinski definition) is 1. The molecule has 17 heavy (non-hydrogen) atoms. The Bertz CT molecular complexity index is 290. The Hall–Kier alpha value is -0.770. The van der Waals surface area contributed by atoms with E-state index in [2.05, 4.69) is 27.2 Å². The molecule has 1 saturated carbocycles. The zero-order valence-electron chi connectivity index (χ0n) is 10.9. The molecule has 2 fully saturated rings. The Kier molecular flexibility index (Phi) is 3.23. The maximum absolute atomic E-state index is 4.49. The van der Waals surface area contributed by atoms with Gasteiger partial charge in [0, 0.05) is 25.7 Å². The number of guanidine groups is 1. The standard InChI is InChI=1S/C13H24N4/c1-16-8-5-14-13(16)15-11-9-12(10-11)17-6-3-2-4-7-17/h11-12H,2-10H2,1H3,(H,14,15). The van der Waals surface area contributed by atoms with Crippen molar-refractivity contribution in [3.63, 3.8) is 0 Å². The van der Waals surface area contributed by atoms with Crippen LogP contribution in [-0.2, 0) is 0 Å². The van der Waals surface area contributed by atoms with Crippen molar-refractivity contribution in [3.8, 4) is 0 Å².